The minimum absolute atomic E-state index is 0.0214. The Morgan fingerprint density at radius 2 is 1.95 bits per heavy atom. The van der Waals surface area contributed by atoms with Gasteiger partial charge in [-0.3, -0.25) is 9.59 Å². The maximum atomic E-state index is 12.7. The van der Waals surface area contributed by atoms with Crippen molar-refractivity contribution in [2.75, 3.05) is 13.7 Å². The lowest BCUT2D eigenvalue weighted by molar-refractivity contribution is -0.152. The van der Waals surface area contributed by atoms with Crippen LogP contribution in [-0.2, 0) is 14.3 Å². The van der Waals surface area contributed by atoms with E-state index >= 15 is 0 Å². The van der Waals surface area contributed by atoms with Crippen molar-refractivity contribution < 1.29 is 14.3 Å². The normalized spacial score (nSPS) is 25.0. The van der Waals surface area contributed by atoms with Crippen molar-refractivity contribution >= 4 is 11.8 Å². The van der Waals surface area contributed by atoms with Crippen LogP contribution in [0, 0.1) is 5.92 Å². The molecule has 3 atom stereocenters. The summed E-state index contributed by atoms with van der Waals surface area (Å²) >= 11 is 0. The van der Waals surface area contributed by atoms with Crippen molar-refractivity contribution in [2.45, 2.75) is 65.1 Å². The Labute approximate surface area is 122 Å². The second-order valence-electron chi connectivity index (χ2n) is 5.99. The third kappa shape index (κ3) is 3.95. The standard InChI is InChI=1S/C15H28N2O3/c1-6-13-14(18)16-12(9-10(2)3)15(19)17(13)11(4)7-8-20-5/h10-13H,6-9H2,1-5H3,(H,16,18). The summed E-state index contributed by atoms with van der Waals surface area (Å²) in [5, 5.41) is 2.88. The van der Waals surface area contributed by atoms with Crippen LogP contribution in [0.25, 0.3) is 0 Å². The van der Waals surface area contributed by atoms with Gasteiger partial charge in [0.05, 0.1) is 0 Å². The van der Waals surface area contributed by atoms with Gasteiger partial charge in [-0.05, 0) is 32.1 Å². The van der Waals surface area contributed by atoms with Crippen molar-refractivity contribution in [3.63, 3.8) is 0 Å². The van der Waals surface area contributed by atoms with Crippen LogP contribution in [0.2, 0.25) is 0 Å². The largest absolute Gasteiger partial charge is 0.385 e. The lowest BCUT2D eigenvalue weighted by atomic mass is 9.96. The van der Waals surface area contributed by atoms with Crippen LogP contribution in [0.4, 0.5) is 0 Å². The lowest BCUT2D eigenvalue weighted by Crippen LogP contribution is -2.65. The molecule has 1 rings (SSSR count). The zero-order chi connectivity index (χ0) is 15.3. The summed E-state index contributed by atoms with van der Waals surface area (Å²) in [6.45, 7) is 8.65. The SMILES string of the molecule is CCC1C(=O)NC(CC(C)C)C(=O)N1C(C)CCOC. The van der Waals surface area contributed by atoms with E-state index in [0.717, 1.165) is 6.42 Å². The number of hydrogen-bond donors (Lipinski definition) is 1. The molecule has 0 aromatic heterocycles. The van der Waals surface area contributed by atoms with E-state index in [1.807, 2.05) is 13.8 Å². The van der Waals surface area contributed by atoms with Crippen LogP contribution >= 0.6 is 0 Å². The minimum atomic E-state index is -0.379. The first-order valence-corrected chi connectivity index (χ1v) is 7.53. The number of hydrogen-bond acceptors (Lipinski definition) is 3. The molecule has 5 nitrogen and oxygen atoms in total. The fourth-order valence-electron chi connectivity index (χ4n) is 2.75. The van der Waals surface area contributed by atoms with Crippen molar-refractivity contribution in [1.82, 2.24) is 10.2 Å². The Morgan fingerprint density at radius 3 is 2.45 bits per heavy atom. The van der Waals surface area contributed by atoms with Crippen LogP contribution in [0.3, 0.4) is 0 Å². The van der Waals surface area contributed by atoms with Gasteiger partial charge in [-0.15, -0.1) is 0 Å². The highest BCUT2D eigenvalue weighted by atomic mass is 16.5. The van der Waals surface area contributed by atoms with E-state index < -0.39 is 0 Å². The Morgan fingerprint density at radius 1 is 1.30 bits per heavy atom. The third-order valence-electron chi connectivity index (χ3n) is 3.82. The number of piperazine rings is 1. The molecule has 20 heavy (non-hydrogen) atoms. The molecule has 0 bridgehead atoms. The number of carbonyl (C=O) groups is 2. The van der Waals surface area contributed by atoms with E-state index in [1.165, 1.54) is 0 Å². The number of carbonyl (C=O) groups excluding carboxylic acids is 2. The molecule has 2 amide bonds. The number of ether oxygens (including phenoxy) is 1. The first-order chi connectivity index (χ1) is 9.42. The summed E-state index contributed by atoms with van der Waals surface area (Å²) in [4.78, 5) is 26.6. The molecule has 1 heterocycles. The van der Waals surface area contributed by atoms with E-state index in [2.05, 4.69) is 19.2 Å². The summed E-state index contributed by atoms with van der Waals surface area (Å²) in [5.41, 5.74) is 0. The molecule has 0 spiro atoms. The third-order valence-corrected chi connectivity index (χ3v) is 3.82. The van der Waals surface area contributed by atoms with Gasteiger partial charge in [0, 0.05) is 19.8 Å². The molecule has 0 aromatic rings. The zero-order valence-electron chi connectivity index (χ0n) is 13.3. The highest BCUT2D eigenvalue weighted by molar-refractivity contribution is 5.97. The molecule has 5 heteroatoms. The van der Waals surface area contributed by atoms with Crippen LogP contribution in [0.15, 0.2) is 0 Å². The van der Waals surface area contributed by atoms with E-state index in [1.54, 1.807) is 12.0 Å². The monoisotopic (exact) mass is 284 g/mol. The van der Waals surface area contributed by atoms with Crippen LogP contribution in [-0.4, -0.2) is 48.6 Å². The maximum Gasteiger partial charge on any atom is 0.246 e. The molecule has 0 saturated carbocycles. The first kappa shape index (κ1) is 17.0. The van der Waals surface area contributed by atoms with Crippen LogP contribution in [0.5, 0.6) is 0 Å². The summed E-state index contributed by atoms with van der Waals surface area (Å²) in [6, 6.07) is -0.707. The van der Waals surface area contributed by atoms with Gasteiger partial charge in [0.2, 0.25) is 11.8 Å². The highest BCUT2D eigenvalue weighted by Crippen LogP contribution is 2.21. The number of nitrogens with zero attached hydrogens (tertiary/aromatic N) is 1. The molecule has 0 aliphatic carbocycles. The Bertz CT molecular complexity index is 344. The van der Waals surface area contributed by atoms with Gasteiger partial charge in [-0.1, -0.05) is 20.8 Å². The van der Waals surface area contributed by atoms with Crippen molar-refractivity contribution in [2.24, 2.45) is 5.92 Å². The number of amides is 2. The van der Waals surface area contributed by atoms with Crippen LogP contribution in [0.1, 0.15) is 47.0 Å². The van der Waals surface area contributed by atoms with Crippen molar-refractivity contribution in [3.05, 3.63) is 0 Å². The summed E-state index contributed by atoms with van der Waals surface area (Å²) in [7, 11) is 1.65. The summed E-state index contributed by atoms with van der Waals surface area (Å²) in [6.07, 6.45) is 2.08. The van der Waals surface area contributed by atoms with Gasteiger partial charge in [0.15, 0.2) is 0 Å². The Balaban J connectivity index is 2.88. The smallest absolute Gasteiger partial charge is 0.246 e. The van der Waals surface area contributed by atoms with E-state index in [0.29, 0.717) is 25.4 Å². The van der Waals surface area contributed by atoms with Gasteiger partial charge >= 0.3 is 0 Å². The van der Waals surface area contributed by atoms with E-state index in [4.69, 9.17) is 4.74 Å². The summed E-state index contributed by atoms with van der Waals surface area (Å²) in [5.74, 6) is 0.398. The molecule has 1 N–H and O–H groups in total. The molecule has 1 aliphatic rings. The molecule has 0 aromatic carbocycles. The molecule has 0 radical (unpaired) electrons. The van der Waals surface area contributed by atoms with Gasteiger partial charge < -0.3 is 15.0 Å². The fourth-order valence-corrected chi connectivity index (χ4v) is 2.75. The molecule has 3 unspecified atom stereocenters. The first-order valence-electron chi connectivity index (χ1n) is 7.53. The van der Waals surface area contributed by atoms with Crippen LogP contribution < -0.4 is 5.32 Å². The van der Waals surface area contributed by atoms with Gasteiger partial charge in [0.1, 0.15) is 12.1 Å². The lowest BCUT2D eigenvalue weighted by Gasteiger charge is -2.42. The van der Waals surface area contributed by atoms with Crippen molar-refractivity contribution in [1.29, 1.82) is 0 Å². The molecule has 1 aliphatic heterocycles. The van der Waals surface area contributed by atoms with E-state index in [-0.39, 0.29) is 29.9 Å². The zero-order valence-corrected chi connectivity index (χ0v) is 13.3. The topological polar surface area (TPSA) is 58.6 Å². The van der Waals surface area contributed by atoms with Gasteiger partial charge in [0.25, 0.3) is 0 Å². The predicted octanol–water partition coefficient (Wildman–Crippen LogP) is 1.56. The second kappa shape index (κ2) is 7.62. The second-order valence-corrected chi connectivity index (χ2v) is 5.99. The molecule has 116 valence electrons. The van der Waals surface area contributed by atoms with Crippen molar-refractivity contribution in [3.8, 4) is 0 Å². The molecular formula is C15H28N2O3. The van der Waals surface area contributed by atoms with Gasteiger partial charge in [-0.25, -0.2) is 0 Å². The average molecular weight is 284 g/mol. The Kier molecular flexibility index (Phi) is 6.46. The number of methoxy groups -OCH3 is 1. The molecule has 1 saturated heterocycles. The maximum absolute atomic E-state index is 12.7. The number of rotatable bonds is 7. The Hall–Kier alpha value is -1.10. The average Bonchev–Trinajstić information content (AvgIpc) is 2.38. The molecular weight excluding hydrogens is 256 g/mol. The summed E-state index contributed by atoms with van der Waals surface area (Å²) < 4.78 is 5.09. The van der Waals surface area contributed by atoms with Gasteiger partial charge in [-0.2, -0.15) is 0 Å². The number of nitrogens with one attached hydrogen (secondary N) is 1. The predicted molar refractivity (Wildman–Crippen MR) is 78.3 cm³/mol. The highest BCUT2D eigenvalue weighted by Gasteiger charge is 2.41. The fraction of sp³-hybridized carbons (Fsp3) is 0.867. The molecule has 1 fully saturated rings. The van der Waals surface area contributed by atoms with E-state index in [9.17, 15) is 9.59 Å². The minimum Gasteiger partial charge on any atom is -0.385 e. The quantitative estimate of drug-likeness (QED) is 0.772.